The summed E-state index contributed by atoms with van der Waals surface area (Å²) in [4.78, 5) is 33.0. The number of rotatable bonds is 11. The number of hydrogen-bond donors (Lipinski definition) is 1. The van der Waals surface area contributed by atoms with Crippen LogP contribution in [0.25, 0.3) is 0 Å². The van der Waals surface area contributed by atoms with E-state index in [-0.39, 0.29) is 49.1 Å². The molecule has 1 aliphatic carbocycles. The summed E-state index contributed by atoms with van der Waals surface area (Å²) in [5, 5.41) is 9.55. The van der Waals surface area contributed by atoms with Crippen LogP contribution >= 0.6 is 0 Å². The minimum atomic E-state index is -4.54. The van der Waals surface area contributed by atoms with Gasteiger partial charge >= 0.3 is 12.1 Å². The van der Waals surface area contributed by atoms with Crippen molar-refractivity contribution in [2.75, 3.05) is 72.7 Å². The lowest BCUT2D eigenvalue weighted by Gasteiger charge is -2.39. The Bertz CT molecular complexity index is 1540. The van der Waals surface area contributed by atoms with E-state index in [0.717, 1.165) is 42.9 Å². The van der Waals surface area contributed by atoms with Crippen LogP contribution in [0, 0.1) is 5.92 Å². The molecule has 4 fully saturated rings. The highest BCUT2D eigenvalue weighted by atomic mass is 19.4. The van der Waals surface area contributed by atoms with Crippen LogP contribution < -0.4 is 9.64 Å². The number of hydrogen-bond acceptors (Lipinski definition) is 8. The molecule has 2 aromatic carbocycles. The number of anilines is 1. The van der Waals surface area contributed by atoms with Crippen molar-refractivity contribution in [1.82, 2.24) is 9.80 Å². The van der Waals surface area contributed by atoms with E-state index in [2.05, 4.69) is 4.90 Å². The van der Waals surface area contributed by atoms with Crippen molar-refractivity contribution in [3.63, 3.8) is 0 Å². The van der Waals surface area contributed by atoms with Gasteiger partial charge in [-0.15, -0.1) is 0 Å². The third kappa shape index (κ3) is 7.65. The first kappa shape index (κ1) is 38.3. The maximum Gasteiger partial charge on any atom is 0.416 e. The van der Waals surface area contributed by atoms with Gasteiger partial charge in [-0.25, -0.2) is 0 Å². The summed E-state index contributed by atoms with van der Waals surface area (Å²) in [5.41, 5.74) is 0.176. The number of aliphatic carboxylic acids is 1. The molecule has 10 nitrogen and oxygen atoms in total. The number of carboxylic acids is 1. The molecule has 1 amide bonds. The Morgan fingerprint density at radius 3 is 2.19 bits per heavy atom. The van der Waals surface area contributed by atoms with Crippen LogP contribution in [0.5, 0.6) is 5.75 Å². The van der Waals surface area contributed by atoms with Crippen molar-refractivity contribution < 1.29 is 46.8 Å². The Morgan fingerprint density at radius 2 is 1.62 bits per heavy atom. The average molecular weight is 732 g/mol. The van der Waals surface area contributed by atoms with Gasteiger partial charge in [0.25, 0.3) is 5.91 Å². The molecular formula is C39H52F3N3O7. The molecule has 3 heterocycles. The minimum absolute atomic E-state index is 0.149. The number of benzene rings is 2. The topological polar surface area (TPSA) is 101 Å². The highest BCUT2D eigenvalue weighted by Crippen LogP contribution is 2.47. The molecule has 4 aliphatic rings. The van der Waals surface area contributed by atoms with Gasteiger partial charge in [-0.2, -0.15) is 13.2 Å². The number of methoxy groups -OCH3 is 4. The van der Waals surface area contributed by atoms with E-state index in [1.807, 2.05) is 34.1 Å². The summed E-state index contributed by atoms with van der Waals surface area (Å²) in [6.07, 6.45) is 0.708. The van der Waals surface area contributed by atoms with Crippen LogP contribution in [0.3, 0.4) is 0 Å². The van der Waals surface area contributed by atoms with Gasteiger partial charge in [0.1, 0.15) is 5.75 Å². The van der Waals surface area contributed by atoms with Crippen molar-refractivity contribution in [1.29, 1.82) is 0 Å². The average Bonchev–Trinajstić information content (AvgIpc) is 3.77. The van der Waals surface area contributed by atoms with Gasteiger partial charge in [-0.3, -0.25) is 14.5 Å². The fourth-order valence-corrected chi connectivity index (χ4v) is 9.19. The van der Waals surface area contributed by atoms with Crippen molar-refractivity contribution in [2.24, 2.45) is 5.92 Å². The summed E-state index contributed by atoms with van der Waals surface area (Å²) >= 11 is 0. The summed E-state index contributed by atoms with van der Waals surface area (Å²) in [6, 6.07) is 11.6. The smallest absolute Gasteiger partial charge is 0.416 e. The van der Waals surface area contributed by atoms with Gasteiger partial charge in [0, 0.05) is 77.6 Å². The van der Waals surface area contributed by atoms with Crippen LogP contribution in [0.2, 0.25) is 0 Å². The largest absolute Gasteiger partial charge is 0.497 e. The Labute approximate surface area is 304 Å². The van der Waals surface area contributed by atoms with Crippen LogP contribution in [-0.4, -0.2) is 118 Å². The van der Waals surface area contributed by atoms with E-state index in [1.165, 1.54) is 6.07 Å². The molecule has 4 atom stereocenters. The molecule has 1 N–H and O–H groups in total. The van der Waals surface area contributed by atoms with Crippen molar-refractivity contribution >= 4 is 17.6 Å². The molecule has 52 heavy (non-hydrogen) atoms. The lowest BCUT2D eigenvalue weighted by molar-refractivity contribution is -0.157. The Hall–Kier alpha value is -3.39. The van der Waals surface area contributed by atoms with E-state index < -0.39 is 29.2 Å². The maximum atomic E-state index is 15.2. The van der Waals surface area contributed by atoms with E-state index in [9.17, 15) is 23.1 Å². The molecule has 0 spiro atoms. The first-order valence-electron chi connectivity index (χ1n) is 18.4. The second kappa shape index (κ2) is 15.9. The van der Waals surface area contributed by atoms with E-state index in [4.69, 9.17) is 18.9 Å². The Morgan fingerprint density at radius 1 is 0.923 bits per heavy atom. The number of piperidine rings is 1. The number of carboxylic acid groups (broad SMARTS) is 1. The number of alkyl halides is 3. The van der Waals surface area contributed by atoms with Gasteiger partial charge in [-0.1, -0.05) is 18.2 Å². The van der Waals surface area contributed by atoms with E-state index in [1.54, 1.807) is 34.5 Å². The molecular weight excluding hydrogens is 679 g/mol. The zero-order chi connectivity index (χ0) is 37.2. The fraction of sp³-hybridized carbons (Fsp3) is 0.641. The Balaban J connectivity index is 1.33. The van der Waals surface area contributed by atoms with Gasteiger partial charge < -0.3 is 33.9 Å². The number of amides is 1. The van der Waals surface area contributed by atoms with Crippen molar-refractivity contribution in [2.45, 2.75) is 86.7 Å². The number of carbonyl (C=O) groups excluding carboxylic acids is 1. The van der Waals surface area contributed by atoms with Crippen LogP contribution in [0.15, 0.2) is 42.5 Å². The van der Waals surface area contributed by atoms with Crippen LogP contribution in [0.4, 0.5) is 18.9 Å². The molecule has 3 aliphatic heterocycles. The number of carbonyl (C=O) groups is 2. The predicted octanol–water partition coefficient (Wildman–Crippen LogP) is 5.79. The molecule has 0 radical (unpaired) electrons. The van der Waals surface area contributed by atoms with E-state index in [0.29, 0.717) is 56.9 Å². The lowest BCUT2D eigenvalue weighted by atomic mass is 9.83. The summed E-state index contributed by atoms with van der Waals surface area (Å²) < 4.78 is 65.2. The van der Waals surface area contributed by atoms with Crippen LogP contribution in [-0.2, 0) is 30.0 Å². The van der Waals surface area contributed by atoms with Gasteiger partial charge in [0.05, 0.1) is 37.3 Å². The van der Waals surface area contributed by atoms with Crippen LogP contribution in [0.1, 0.15) is 73.5 Å². The number of nitrogens with zero attached hydrogens (tertiary/aromatic N) is 3. The monoisotopic (exact) mass is 731 g/mol. The number of likely N-dealkylation sites (tertiary alicyclic amines) is 2. The molecule has 13 heteroatoms. The summed E-state index contributed by atoms with van der Waals surface area (Å²) in [5.74, 6) is -1.40. The van der Waals surface area contributed by atoms with Crippen molar-refractivity contribution in [3.8, 4) is 5.75 Å². The molecule has 286 valence electrons. The quantitative estimate of drug-likeness (QED) is 0.308. The third-order valence-corrected chi connectivity index (χ3v) is 12.2. The number of ether oxygens (including phenoxy) is 4. The summed E-state index contributed by atoms with van der Waals surface area (Å²) in [7, 11) is 6.56. The standard InChI is InChI=1S/C39H52F3N3O7/c1-49-23-30-19-27(33-14-7-28(39(40,41)42)20-35(33)43-17-15-26(16-18-43)36(46)47)21-45(30)37(48)38(52-4)24-44(29-8-12-32(51-3)13-9-29)22-34(38)25-5-10-31(50-2)11-6-25/h5-7,10-11,14,20,26-27,29-30,32,34H,8-9,12-13,15-19,21-24H2,1-4H3,(H,46,47)/t27-,29?,30+,32?,34+,38+/m1/s1. The van der Waals surface area contributed by atoms with E-state index >= 15 is 4.79 Å². The molecule has 0 unspecified atom stereocenters. The fourth-order valence-electron chi connectivity index (χ4n) is 9.19. The van der Waals surface area contributed by atoms with Gasteiger partial charge in [-0.05, 0) is 80.3 Å². The first-order valence-corrected chi connectivity index (χ1v) is 18.4. The highest BCUT2D eigenvalue weighted by Gasteiger charge is 2.58. The molecule has 2 aromatic rings. The SMILES string of the molecule is COC[C@@H]1C[C@@H](c2ccc(C(F)(F)F)cc2N2CCC(C(=O)O)CC2)CN1C(=O)[C@]1(OC)CN(C2CCC(OC)CC2)C[C@H]1c1ccc(OC)cc1. The number of halogens is 3. The first-order chi connectivity index (χ1) is 24.9. The van der Waals surface area contributed by atoms with Gasteiger partial charge in [0.2, 0.25) is 0 Å². The molecule has 1 saturated carbocycles. The third-order valence-electron chi connectivity index (χ3n) is 12.2. The minimum Gasteiger partial charge on any atom is -0.497 e. The molecule has 6 rings (SSSR count). The van der Waals surface area contributed by atoms with Gasteiger partial charge in [0.15, 0.2) is 5.60 Å². The second-order valence-electron chi connectivity index (χ2n) is 14.9. The lowest BCUT2D eigenvalue weighted by Crippen LogP contribution is -2.57. The normalized spacial score (nSPS) is 29.1. The molecule has 0 aromatic heterocycles. The second-order valence-corrected chi connectivity index (χ2v) is 14.9. The predicted molar refractivity (Wildman–Crippen MR) is 189 cm³/mol. The highest BCUT2D eigenvalue weighted by molar-refractivity contribution is 5.88. The summed E-state index contributed by atoms with van der Waals surface area (Å²) in [6.45, 7) is 2.26. The zero-order valence-electron chi connectivity index (χ0n) is 30.6. The van der Waals surface area contributed by atoms with Crippen molar-refractivity contribution in [3.05, 3.63) is 59.2 Å². The molecule has 3 saturated heterocycles. The zero-order valence-corrected chi connectivity index (χ0v) is 30.6. The maximum absolute atomic E-state index is 15.2. The molecule has 0 bridgehead atoms. The Kier molecular flexibility index (Phi) is 11.7.